The maximum Gasteiger partial charge on any atom is 0.425 e. The highest BCUT2D eigenvalue weighted by atomic mass is 19.4. The van der Waals surface area contributed by atoms with Gasteiger partial charge < -0.3 is 15.4 Å². The second kappa shape index (κ2) is 8.21. The average Bonchev–Trinajstić information content (AvgIpc) is 3.08. The van der Waals surface area contributed by atoms with Crippen molar-refractivity contribution < 1.29 is 27.5 Å². The zero-order valence-corrected chi connectivity index (χ0v) is 17.5. The maximum absolute atomic E-state index is 14.5. The quantitative estimate of drug-likeness (QED) is 0.523. The molecule has 12 heteroatoms. The van der Waals surface area contributed by atoms with Gasteiger partial charge in [-0.15, -0.1) is 0 Å². The van der Waals surface area contributed by atoms with Crippen LogP contribution >= 0.6 is 0 Å². The molecule has 34 heavy (non-hydrogen) atoms. The summed E-state index contributed by atoms with van der Waals surface area (Å²) in [7, 11) is 0. The van der Waals surface area contributed by atoms with E-state index in [1.807, 2.05) is 10.3 Å². The number of benzene rings is 2. The molecule has 2 heterocycles. The van der Waals surface area contributed by atoms with Crippen LogP contribution < -0.4 is 26.6 Å². The number of ether oxygens (including phenoxy) is 1. The van der Waals surface area contributed by atoms with Crippen LogP contribution in [0.15, 0.2) is 64.2 Å². The molecule has 0 unspecified atom stereocenters. The smallest absolute Gasteiger partial charge is 0.425 e. The Labute approximate surface area is 189 Å². The molecule has 3 aromatic rings. The number of rotatable bonds is 5. The molecule has 1 aromatic heterocycles. The van der Waals surface area contributed by atoms with Gasteiger partial charge in [-0.2, -0.15) is 13.2 Å². The van der Waals surface area contributed by atoms with Crippen LogP contribution in [0.2, 0.25) is 0 Å². The van der Waals surface area contributed by atoms with E-state index in [0.29, 0.717) is 0 Å². The summed E-state index contributed by atoms with van der Waals surface area (Å²) in [5.74, 6) is -3.75. The number of aromatic amines is 1. The zero-order valence-electron chi connectivity index (χ0n) is 17.5. The van der Waals surface area contributed by atoms with Crippen molar-refractivity contribution in [3.8, 4) is 11.4 Å². The number of hydrogen-bond donors (Lipinski definition) is 3. The van der Waals surface area contributed by atoms with Gasteiger partial charge in [-0.1, -0.05) is 30.3 Å². The molecule has 1 aliphatic heterocycles. The monoisotopic (exact) mass is 474 g/mol. The fourth-order valence-electron chi connectivity index (χ4n) is 3.77. The number of H-pyrrole nitrogens is 1. The summed E-state index contributed by atoms with van der Waals surface area (Å²) in [6.07, 6.45) is -5.45. The second-order valence-electron chi connectivity index (χ2n) is 7.24. The minimum Gasteiger partial charge on any atom is -0.493 e. The maximum atomic E-state index is 14.5. The first kappa shape index (κ1) is 22.8. The van der Waals surface area contributed by atoms with Crippen LogP contribution in [-0.2, 0) is 10.3 Å². The molecule has 0 aliphatic carbocycles. The Morgan fingerprint density at radius 2 is 1.71 bits per heavy atom. The van der Waals surface area contributed by atoms with Crippen molar-refractivity contribution in [3.63, 3.8) is 0 Å². The van der Waals surface area contributed by atoms with Crippen LogP contribution in [0.1, 0.15) is 22.8 Å². The number of nitrogens with zero attached hydrogens (tertiary/aromatic N) is 1. The first-order chi connectivity index (χ1) is 16.1. The number of halogens is 3. The summed E-state index contributed by atoms with van der Waals surface area (Å²) < 4.78 is 49.6. The lowest BCUT2D eigenvalue weighted by Gasteiger charge is -2.30. The fraction of sp³-hybridized carbons (Fsp3) is 0.182. The summed E-state index contributed by atoms with van der Waals surface area (Å²) in [4.78, 5) is 52.8. The molecule has 9 nitrogen and oxygen atoms in total. The molecule has 1 atom stereocenters. The zero-order chi connectivity index (χ0) is 24.7. The summed E-state index contributed by atoms with van der Waals surface area (Å²) in [6, 6.07) is 12.9. The number of nitrogens with one attached hydrogen (secondary N) is 3. The van der Waals surface area contributed by atoms with E-state index in [2.05, 4.69) is 0 Å². The molecule has 0 fully saturated rings. The van der Waals surface area contributed by atoms with E-state index in [4.69, 9.17) is 4.74 Å². The predicted octanol–water partition coefficient (Wildman–Crippen LogP) is 2.06. The van der Waals surface area contributed by atoms with E-state index in [9.17, 15) is 32.3 Å². The molecule has 0 radical (unpaired) electrons. The minimum absolute atomic E-state index is 0.0124. The van der Waals surface area contributed by atoms with Gasteiger partial charge in [0.15, 0.2) is 0 Å². The second-order valence-corrected chi connectivity index (χ2v) is 7.24. The first-order valence-corrected chi connectivity index (χ1v) is 9.99. The van der Waals surface area contributed by atoms with Crippen molar-refractivity contribution in [2.75, 3.05) is 11.9 Å². The SMILES string of the molecule is CCOc1ccccc1C(=O)N[C@]1(C(F)(F)F)C(=O)Nc2c1c(=O)[nH]c(=O)n2-c1ccccc1. The summed E-state index contributed by atoms with van der Waals surface area (Å²) >= 11 is 0. The van der Waals surface area contributed by atoms with Gasteiger partial charge >= 0.3 is 11.9 Å². The Kier molecular flexibility index (Phi) is 5.51. The van der Waals surface area contributed by atoms with Gasteiger partial charge in [0.2, 0.25) is 0 Å². The van der Waals surface area contributed by atoms with Gasteiger partial charge in [0, 0.05) is 0 Å². The lowest BCUT2D eigenvalue weighted by molar-refractivity contribution is -0.196. The Bertz CT molecular complexity index is 1400. The van der Waals surface area contributed by atoms with E-state index >= 15 is 0 Å². The summed E-state index contributed by atoms with van der Waals surface area (Å²) in [6.45, 7) is 1.75. The molecule has 0 saturated carbocycles. The summed E-state index contributed by atoms with van der Waals surface area (Å²) in [5.41, 5.74) is -7.65. The third kappa shape index (κ3) is 3.43. The van der Waals surface area contributed by atoms with Gasteiger partial charge in [-0.05, 0) is 31.2 Å². The summed E-state index contributed by atoms with van der Waals surface area (Å²) in [5, 5.41) is 3.68. The van der Waals surface area contributed by atoms with E-state index < -0.39 is 46.2 Å². The highest BCUT2D eigenvalue weighted by molar-refractivity contribution is 6.10. The minimum atomic E-state index is -5.45. The van der Waals surface area contributed by atoms with Crippen LogP contribution in [0.4, 0.5) is 19.0 Å². The molecule has 0 bridgehead atoms. The lowest BCUT2D eigenvalue weighted by Crippen LogP contribution is -2.62. The Balaban J connectivity index is 1.95. The van der Waals surface area contributed by atoms with Crippen molar-refractivity contribution in [1.29, 1.82) is 0 Å². The molecular weight excluding hydrogens is 457 g/mol. The number of anilines is 1. The number of carbonyl (C=O) groups excluding carboxylic acids is 2. The van der Waals surface area contributed by atoms with Crippen molar-refractivity contribution in [3.05, 3.63) is 86.6 Å². The molecule has 0 spiro atoms. The Morgan fingerprint density at radius 3 is 2.35 bits per heavy atom. The largest absolute Gasteiger partial charge is 0.493 e. The van der Waals surface area contributed by atoms with Crippen molar-refractivity contribution in [2.45, 2.75) is 18.6 Å². The van der Waals surface area contributed by atoms with Crippen LogP contribution in [0.5, 0.6) is 5.75 Å². The van der Waals surface area contributed by atoms with Crippen LogP contribution in [0, 0.1) is 0 Å². The van der Waals surface area contributed by atoms with Gasteiger partial charge in [0.25, 0.3) is 22.9 Å². The number of amides is 2. The van der Waals surface area contributed by atoms with Gasteiger partial charge in [0.1, 0.15) is 17.1 Å². The number of alkyl halides is 3. The van der Waals surface area contributed by atoms with Crippen molar-refractivity contribution >= 4 is 17.6 Å². The van der Waals surface area contributed by atoms with Gasteiger partial charge in [-0.25, -0.2) is 9.36 Å². The molecular formula is C22H17F3N4O5. The van der Waals surface area contributed by atoms with E-state index in [1.165, 1.54) is 48.5 Å². The van der Waals surface area contributed by atoms with Gasteiger partial charge in [-0.3, -0.25) is 19.4 Å². The van der Waals surface area contributed by atoms with Crippen LogP contribution in [-0.4, -0.2) is 34.1 Å². The molecule has 2 aromatic carbocycles. The van der Waals surface area contributed by atoms with Crippen molar-refractivity contribution in [1.82, 2.24) is 14.9 Å². The molecule has 1 aliphatic rings. The Hall–Kier alpha value is -4.35. The fourth-order valence-corrected chi connectivity index (χ4v) is 3.77. The van der Waals surface area contributed by atoms with Gasteiger partial charge in [0.05, 0.1) is 17.9 Å². The molecule has 176 valence electrons. The van der Waals surface area contributed by atoms with Crippen LogP contribution in [0.3, 0.4) is 0 Å². The van der Waals surface area contributed by atoms with Crippen molar-refractivity contribution in [2.24, 2.45) is 0 Å². The number of aromatic nitrogens is 2. The molecule has 3 N–H and O–H groups in total. The first-order valence-electron chi connectivity index (χ1n) is 9.99. The van der Waals surface area contributed by atoms with E-state index in [0.717, 1.165) is 4.57 Å². The van der Waals surface area contributed by atoms with E-state index in [-0.39, 0.29) is 23.6 Å². The topological polar surface area (TPSA) is 122 Å². The number of para-hydroxylation sites is 2. The highest BCUT2D eigenvalue weighted by Crippen LogP contribution is 2.45. The lowest BCUT2D eigenvalue weighted by atomic mass is 9.91. The third-order valence-electron chi connectivity index (χ3n) is 5.23. The normalized spacial score (nSPS) is 17.1. The van der Waals surface area contributed by atoms with Crippen LogP contribution in [0.25, 0.3) is 5.69 Å². The predicted molar refractivity (Wildman–Crippen MR) is 114 cm³/mol. The standard InChI is InChI=1S/C22H17F3N4O5/c1-2-34-14-11-7-6-10-13(14)17(30)28-21(22(23,24)25)15-16(26-19(21)32)29(20(33)27-18(15)31)12-8-4-3-5-9-12/h3-11H,2H2,1H3,(H,26,32)(H,28,30)(H,27,31,33)/t21-/m0/s1. The third-order valence-corrected chi connectivity index (χ3v) is 5.23. The number of carbonyl (C=O) groups is 2. The average molecular weight is 474 g/mol. The number of fused-ring (bicyclic) bond motifs is 1. The van der Waals surface area contributed by atoms with E-state index in [1.54, 1.807) is 18.3 Å². The highest BCUT2D eigenvalue weighted by Gasteiger charge is 2.68. The molecule has 4 rings (SSSR count). The Morgan fingerprint density at radius 1 is 1.06 bits per heavy atom. The molecule has 0 saturated heterocycles. The number of hydrogen-bond acceptors (Lipinski definition) is 5. The molecule has 2 amide bonds.